The first-order valence-electron chi connectivity index (χ1n) is 8.48. The molecule has 1 aromatic carbocycles. The van der Waals surface area contributed by atoms with E-state index in [4.69, 9.17) is 4.52 Å². The zero-order valence-electron chi connectivity index (χ0n) is 13.5. The van der Waals surface area contributed by atoms with Gasteiger partial charge in [0.05, 0.1) is 17.3 Å². The number of aryl methyl sites for hydroxylation is 1. The summed E-state index contributed by atoms with van der Waals surface area (Å²) in [6.07, 6.45) is 7.19. The number of piperidine rings is 1. The van der Waals surface area contributed by atoms with Crippen molar-refractivity contribution in [1.29, 1.82) is 0 Å². The van der Waals surface area contributed by atoms with Crippen molar-refractivity contribution in [3.63, 3.8) is 0 Å². The molecule has 24 heavy (non-hydrogen) atoms. The monoisotopic (exact) mass is 329 g/mol. The highest BCUT2D eigenvalue weighted by molar-refractivity contribution is 5.92. The molecule has 0 radical (unpaired) electrons. The van der Waals surface area contributed by atoms with Crippen molar-refractivity contribution in [3.8, 4) is 11.4 Å². The number of fused-ring (bicyclic) bond motifs is 1. The molecule has 0 atom stereocenters. The van der Waals surface area contributed by atoms with Gasteiger partial charge in [0.15, 0.2) is 0 Å². The third-order valence-electron chi connectivity index (χ3n) is 4.58. The average molecular weight is 329 g/mol. The summed E-state index contributed by atoms with van der Waals surface area (Å²) in [4.78, 5) is 6.85. The number of H-pyrrole nitrogens is 1. The van der Waals surface area contributed by atoms with Crippen LogP contribution < -0.4 is 0 Å². The number of hydrogen-bond acceptors (Lipinski definition) is 5. The van der Waals surface area contributed by atoms with Crippen LogP contribution in [0, 0.1) is 5.82 Å². The maximum absolute atomic E-state index is 14.2. The van der Waals surface area contributed by atoms with Crippen molar-refractivity contribution >= 4 is 10.9 Å². The minimum atomic E-state index is -0.371. The van der Waals surface area contributed by atoms with E-state index in [0.717, 1.165) is 18.5 Å². The van der Waals surface area contributed by atoms with Gasteiger partial charge in [0, 0.05) is 11.8 Å². The Hall–Kier alpha value is -2.28. The first-order valence-corrected chi connectivity index (χ1v) is 8.48. The van der Waals surface area contributed by atoms with Gasteiger partial charge < -0.3 is 9.42 Å². The number of hydrogen-bond donors (Lipinski definition) is 1. The van der Waals surface area contributed by atoms with E-state index in [2.05, 4.69) is 25.2 Å². The van der Waals surface area contributed by atoms with Gasteiger partial charge >= 0.3 is 0 Å². The van der Waals surface area contributed by atoms with Gasteiger partial charge in [0.1, 0.15) is 5.82 Å². The minimum absolute atomic E-state index is 0.285. The normalized spacial score (nSPS) is 16.0. The lowest BCUT2D eigenvalue weighted by molar-refractivity contribution is 0.223. The molecule has 0 saturated carbocycles. The lowest BCUT2D eigenvalue weighted by Crippen LogP contribution is -2.30. The van der Waals surface area contributed by atoms with Gasteiger partial charge in [-0.3, -0.25) is 5.10 Å². The zero-order chi connectivity index (χ0) is 16.4. The molecule has 1 fully saturated rings. The summed E-state index contributed by atoms with van der Waals surface area (Å²) in [5.41, 5.74) is 1.09. The van der Waals surface area contributed by atoms with E-state index in [9.17, 15) is 4.39 Å². The van der Waals surface area contributed by atoms with Crippen molar-refractivity contribution in [1.82, 2.24) is 25.2 Å². The molecular weight excluding hydrogens is 309 g/mol. The van der Waals surface area contributed by atoms with E-state index in [-0.39, 0.29) is 11.6 Å². The Bertz CT molecular complexity index is 821. The third kappa shape index (κ3) is 3.03. The van der Waals surface area contributed by atoms with Crippen LogP contribution in [0.3, 0.4) is 0 Å². The number of aromatic nitrogens is 4. The van der Waals surface area contributed by atoms with Crippen LogP contribution in [0.4, 0.5) is 4.39 Å². The first-order chi connectivity index (χ1) is 11.8. The fourth-order valence-corrected chi connectivity index (χ4v) is 3.31. The molecule has 1 N–H and O–H groups in total. The predicted octanol–water partition coefficient (Wildman–Crippen LogP) is 3.17. The molecule has 0 aliphatic carbocycles. The van der Waals surface area contributed by atoms with Gasteiger partial charge in [-0.2, -0.15) is 10.1 Å². The van der Waals surface area contributed by atoms with Crippen molar-refractivity contribution < 1.29 is 8.91 Å². The van der Waals surface area contributed by atoms with Crippen molar-refractivity contribution in [2.45, 2.75) is 32.1 Å². The fraction of sp³-hybridized carbons (Fsp3) is 0.471. The number of likely N-dealkylation sites (tertiary alicyclic amines) is 1. The van der Waals surface area contributed by atoms with Crippen molar-refractivity contribution in [2.75, 3.05) is 19.6 Å². The lowest BCUT2D eigenvalue weighted by atomic mass is 10.1. The molecule has 3 aromatic rings. The van der Waals surface area contributed by atoms with E-state index >= 15 is 0 Å². The molecule has 0 spiro atoms. The second-order valence-electron chi connectivity index (χ2n) is 6.27. The molecule has 4 rings (SSSR count). The third-order valence-corrected chi connectivity index (χ3v) is 4.58. The molecule has 0 unspecified atom stereocenters. The number of rotatable bonds is 5. The number of benzene rings is 1. The zero-order valence-corrected chi connectivity index (χ0v) is 13.5. The van der Waals surface area contributed by atoms with E-state index in [1.165, 1.54) is 38.4 Å². The van der Waals surface area contributed by atoms with Crippen LogP contribution in [-0.4, -0.2) is 44.9 Å². The smallest absolute Gasteiger partial charge is 0.227 e. The molecular formula is C17H20FN5O. The summed E-state index contributed by atoms with van der Waals surface area (Å²) in [6, 6.07) is 3.04. The summed E-state index contributed by atoms with van der Waals surface area (Å²) in [5.74, 6) is 0.471. The molecule has 3 heterocycles. The standard InChI is InChI=1S/C17H20FN5O/c18-13-6-7-14-12(11-19-21-14)16(13)17-20-15(24-22-17)5-4-10-23-8-2-1-3-9-23/h6-7,11H,1-5,8-10H2,(H,19,21). The fourth-order valence-electron chi connectivity index (χ4n) is 3.31. The second kappa shape index (κ2) is 6.68. The summed E-state index contributed by atoms with van der Waals surface area (Å²) in [6.45, 7) is 3.41. The van der Waals surface area contributed by atoms with Gasteiger partial charge in [-0.1, -0.05) is 11.6 Å². The Morgan fingerprint density at radius 2 is 2.08 bits per heavy atom. The van der Waals surface area contributed by atoms with Gasteiger partial charge in [-0.25, -0.2) is 4.39 Å². The Labute approximate surface area is 139 Å². The summed E-state index contributed by atoms with van der Waals surface area (Å²) >= 11 is 0. The largest absolute Gasteiger partial charge is 0.339 e. The van der Waals surface area contributed by atoms with Gasteiger partial charge in [-0.05, 0) is 51.0 Å². The Morgan fingerprint density at radius 3 is 2.96 bits per heavy atom. The molecule has 0 bridgehead atoms. The molecule has 6 nitrogen and oxygen atoms in total. The maximum Gasteiger partial charge on any atom is 0.227 e. The van der Waals surface area contributed by atoms with E-state index in [0.29, 0.717) is 23.3 Å². The molecule has 7 heteroatoms. The van der Waals surface area contributed by atoms with Gasteiger partial charge in [0.2, 0.25) is 11.7 Å². The van der Waals surface area contributed by atoms with E-state index < -0.39 is 0 Å². The van der Waals surface area contributed by atoms with Gasteiger partial charge in [-0.15, -0.1) is 0 Å². The number of nitrogens with zero attached hydrogens (tertiary/aromatic N) is 4. The first kappa shape index (κ1) is 15.3. The quantitative estimate of drug-likeness (QED) is 0.778. The number of nitrogens with one attached hydrogen (secondary N) is 1. The van der Waals surface area contributed by atoms with Crippen LogP contribution in [0.5, 0.6) is 0 Å². The highest BCUT2D eigenvalue weighted by atomic mass is 19.1. The maximum atomic E-state index is 14.2. The molecule has 1 aliphatic heterocycles. The van der Waals surface area contributed by atoms with Gasteiger partial charge in [0.25, 0.3) is 0 Å². The van der Waals surface area contributed by atoms with Crippen LogP contribution in [0.2, 0.25) is 0 Å². The Kier molecular flexibility index (Phi) is 4.25. The topological polar surface area (TPSA) is 70.8 Å². The molecule has 2 aromatic heterocycles. The molecule has 1 saturated heterocycles. The summed E-state index contributed by atoms with van der Waals surface area (Å²) < 4.78 is 19.5. The van der Waals surface area contributed by atoms with Crippen LogP contribution >= 0.6 is 0 Å². The number of halogens is 1. The minimum Gasteiger partial charge on any atom is -0.339 e. The van der Waals surface area contributed by atoms with Crippen LogP contribution in [-0.2, 0) is 6.42 Å². The molecule has 1 aliphatic rings. The average Bonchev–Trinajstić information content (AvgIpc) is 3.25. The van der Waals surface area contributed by atoms with E-state index in [1.54, 1.807) is 12.3 Å². The summed E-state index contributed by atoms with van der Waals surface area (Å²) in [7, 11) is 0. The molecule has 126 valence electrons. The predicted molar refractivity (Wildman–Crippen MR) is 88.0 cm³/mol. The van der Waals surface area contributed by atoms with Crippen LogP contribution in [0.25, 0.3) is 22.3 Å². The number of aromatic amines is 1. The summed E-state index contributed by atoms with van der Waals surface area (Å²) in [5, 5.41) is 11.4. The Morgan fingerprint density at radius 1 is 1.21 bits per heavy atom. The van der Waals surface area contributed by atoms with Crippen LogP contribution in [0.15, 0.2) is 22.9 Å². The van der Waals surface area contributed by atoms with Crippen LogP contribution in [0.1, 0.15) is 31.6 Å². The molecule has 0 amide bonds. The van der Waals surface area contributed by atoms with Crippen molar-refractivity contribution in [3.05, 3.63) is 30.0 Å². The van der Waals surface area contributed by atoms with Crippen molar-refractivity contribution in [2.24, 2.45) is 0 Å². The van der Waals surface area contributed by atoms with E-state index in [1.807, 2.05) is 0 Å². The lowest BCUT2D eigenvalue weighted by Gasteiger charge is -2.25. The second-order valence-corrected chi connectivity index (χ2v) is 6.27. The highest BCUT2D eigenvalue weighted by Gasteiger charge is 2.17. The SMILES string of the molecule is Fc1ccc2[nH]ncc2c1-c1noc(CCCN2CCCCC2)n1. The Balaban J connectivity index is 1.46. The highest BCUT2D eigenvalue weighted by Crippen LogP contribution is 2.28.